The number of furan rings is 1. The van der Waals surface area contributed by atoms with E-state index in [1.54, 1.807) is 12.3 Å². The summed E-state index contributed by atoms with van der Waals surface area (Å²) >= 11 is 0. The highest BCUT2D eigenvalue weighted by molar-refractivity contribution is 5.22. The van der Waals surface area contributed by atoms with Crippen LogP contribution in [0.3, 0.4) is 0 Å². The number of hydrogen-bond donors (Lipinski definition) is 1. The maximum absolute atomic E-state index is 9.24. The zero-order chi connectivity index (χ0) is 11.6. The molecule has 86 valence electrons. The van der Waals surface area contributed by atoms with Crippen LogP contribution < -0.4 is 0 Å². The number of rotatable bonds is 3. The van der Waals surface area contributed by atoms with Gasteiger partial charge in [0.05, 0.1) is 6.26 Å². The lowest BCUT2D eigenvalue weighted by Crippen LogP contribution is -2.19. The van der Waals surface area contributed by atoms with E-state index in [0.29, 0.717) is 11.8 Å². The molecule has 1 aromatic heterocycles. The fraction of sp³-hybridized carbons (Fsp3) is 0.692. The minimum atomic E-state index is 0.0167. The highest BCUT2D eigenvalue weighted by Gasteiger charge is 2.28. The summed E-state index contributed by atoms with van der Waals surface area (Å²) in [6, 6.07) is 1.73. The van der Waals surface area contributed by atoms with Gasteiger partial charge in [-0.1, -0.05) is 34.6 Å². The van der Waals surface area contributed by atoms with Crippen molar-refractivity contribution in [2.45, 2.75) is 47.0 Å². The first kappa shape index (κ1) is 12.2. The Balaban J connectivity index is 2.91. The van der Waals surface area contributed by atoms with Crippen molar-refractivity contribution in [1.82, 2.24) is 0 Å². The van der Waals surface area contributed by atoms with Crippen molar-refractivity contribution in [1.29, 1.82) is 0 Å². The van der Waals surface area contributed by atoms with Crippen LogP contribution in [0.25, 0.3) is 0 Å². The molecule has 1 aromatic rings. The summed E-state index contributed by atoms with van der Waals surface area (Å²) in [6.07, 6.45) is 2.79. The van der Waals surface area contributed by atoms with Crippen molar-refractivity contribution in [3.05, 3.63) is 17.9 Å². The van der Waals surface area contributed by atoms with Gasteiger partial charge in [0, 0.05) is 6.07 Å². The summed E-state index contributed by atoms with van der Waals surface area (Å²) in [6.45, 7) is 11.1. The van der Waals surface area contributed by atoms with Crippen molar-refractivity contribution in [3.63, 3.8) is 0 Å². The minimum Gasteiger partial charge on any atom is -0.481 e. The molecule has 15 heavy (non-hydrogen) atoms. The molecule has 1 N–H and O–H groups in total. The molecule has 0 aliphatic heterocycles. The third-order valence-electron chi connectivity index (χ3n) is 2.76. The van der Waals surface area contributed by atoms with Crippen molar-refractivity contribution in [2.24, 2.45) is 11.3 Å². The van der Waals surface area contributed by atoms with Crippen LogP contribution in [0, 0.1) is 11.3 Å². The van der Waals surface area contributed by atoms with Crippen molar-refractivity contribution in [3.8, 4) is 5.95 Å². The number of hydrogen-bond acceptors (Lipinski definition) is 2. The van der Waals surface area contributed by atoms with Crippen LogP contribution in [-0.2, 0) is 0 Å². The first-order valence-electron chi connectivity index (χ1n) is 5.58. The smallest absolute Gasteiger partial charge is 0.281 e. The summed E-state index contributed by atoms with van der Waals surface area (Å²) in [4.78, 5) is 0. The van der Waals surface area contributed by atoms with E-state index in [1.165, 1.54) is 0 Å². The molecular formula is C13H22O2. The Morgan fingerprint density at radius 3 is 2.27 bits per heavy atom. The first-order chi connectivity index (χ1) is 6.80. The summed E-state index contributed by atoms with van der Waals surface area (Å²) < 4.78 is 4.98. The first-order valence-corrected chi connectivity index (χ1v) is 5.58. The molecule has 0 aromatic carbocycles. The van der Waals surface area contributed by atoms with Gasteiger partial charge in [0.15, 0.2) is 0 Å². The van der Waals surface area contributed by atoms with E-state index in [0.717, 1.165) is 12.0 Å². The van der Waals surface area contributed by atoms with Gasteiger partial charge in [-0.2, -0.15) is 0 Å². The maximum atomic E-state index is 9.24. The Labute approximate surface area is 92.3 Å². The lowest BCUT2D eigenvalue weighted by atomic mass is 9.73. The molecule has 0 spiro atoms. The Bertz CT molecular complexity index is 305. The SMILES string of the molecule is CC(C)CC(c1coc(O)c1)C(C)(C)C. The predicted octanol–water partition coefficient (Wildman–Crippen LogP) is 4.16. The second-order valence-electron chi connectivity index (χ2n) is 5.77. The molecule has 0 fully saturated rings. The summed E-state index contributed by atoms with van der Waals surface area (Å²) in [5.74, 6) is 1.09. The van der Waals surface area contributed by atoms with E-state index in [4.69, 9.17) is 4.42 Å². The second kappa shape index (κ2) is 4.30. The van der Waals surface area contributed by atoms with Gasteiger partial charge in [0.1, 0.15) is 0 Å². The molecule has 0 aliphatic rings. The molecular weight excluding hydrogens is 188 g/mol. The van der Waals surface area contributed by atoms with E-state index in [1.807, 2.05) is 0 Å². The molecule has 1 rings (SSSR count). The molecule has 0 aliphatic carbocycles. The third kappa shape index (κ3) is 3.29. The average molecular weight is 210 g/mol. The molecule has 2 nitrogen and oxygen atoms in total. The van der Waals surface area contributed by atoms with Crippen LogP contribution in [0.5, 0.6) is 5.95 Å². The molecule has 2 heteroatoms. The number of aromatic hydroxyl groups is 1. The standard InChI is InChI=1S/C13H22O2/c1-9(2)6-11(13(3,4)5)10-7-12(14)15-8-10/h7-9,11,14H,6H2,1-5H3. The Morgan fingerprint density at radius 2 is 1.93 bits per heavy atom. The molecule has 0 bridgehead atoms. The van der Waals surface area contributed by atoms with Gasteiger partial charge in [0.25, 0.3) is 5.95 Å². The van der Waals surface area contributed by atoms with E-state index >= 15 is 0 Å². The van der Waals surface area contributed by atoms with Crippen molar-refractivity contribution < 1.29 is 9.52 Å². The van der Waals surface area contributed by atoms with Gasteiger partial charge < -0.3 is 9.52 Å². The fourth-order valence-electron chi connectivity index (χ4n) is 1.98. The topological polar surface area (TPSA) is 33.4 Å². The zero-order valence-corrected chi connectivity index (χ0v) is 10.4. The highest BCUT2D eigenvalue weighted by atomic mass is 16.5. The molecule has 0 radical (unpaired) electrons. The summed E-state index contributed by atoms with van der Waals surface area (Å²) in [5, 5.41) is 9.24. The molecule has 1 unspecified atom stereocenters. The predicted molar refractivity (Wildman–Crippen MR) is 62.0 cm³/mol. The van der Waals surface area contributed by atoms with Gasteiger partial charge in [-0.3, -0.25) is 0 Å². The second-order valence-corrected chi connectivity index (χ2v) is 5.77. The average Bonchev–Trinajstić information content (AvgIpc) is 2.45. The summed E-state index contributed by atoms with van der Waals surface area (Å²) in [7, 11) is 0. The molecule has 0 amide bonds. The van der Waals surface area contributed by atoms with Gasteiger partial charge in [-0.05, 0) is 29.2 Å². The van der Waals surface area contributed by atoms with Crippen LogP contribution in [0.1, 0.15) is 52.5 Å². The normalized spacial score (nSPS) is 14.5. The Kier molecular flexibility index (Phi) is 3.48. The lowest BCUT2D eigenvalue weighted by Gasteiger charge is -2.31. The van der Waals surface area contributed by atoms with E-state index < -0.39 is 0 Å². The van der Waals surface area contributed by atoms with Crippen molar-refractivity contribution >= 4 is 0 Å². The van der Waals surface area contributed by atoms with Gasteiger partial charge in [-0.15, -0.1) is 0 Å². The van der Waals surface area contributed by atoms with Crippen LogP contribution in [0.2, 0.25) is 0 Å². The van der Waals surface area contributed by atoms with Crippen LogP contribution in [0.15, 0.2) is 16.7 Å². The highest BCUT2D eigenvalue weighted by Crippen LogP contribution is 2.41. The van der Waals surface area contributed by atoms with E-state index in [-0.39, 0.29) is 11.4 Å². The van der Waals surface area contributed by atoms with Crippen molar-refractivity contribution in [2.75, 3.05) is 0 Å². The maximum Gasteiger partial charge on any atom is 0.281 e. The van der Waals surface area contributed by atoms with Crippen LogP contribution in [-0.4, -0.2) is 5.11 Å². The van der Waals surface area contributed by atoms with E-state index in [2.05, 4.69) is 34.6 Å². The van der Waals surface area contributed by atoms with Crippen LogP contribution in [0.4, 0.5) is 0 Å². The minimum absolute atomic E-state index is 0.0167. The largest absolute Gasteiger partial charge is 0.481 e. The zero-order valence-electron chi connectivity index (χ0n) is 10.4. The third-order valence-corrected chi connectivity index (χ3v) is 2.76. The molecule has 1 atom stereocenters. The van der Waals surface area contributed by atoms with Gasteiger partial charge >= 0.3 is 0 Å². The Morgan fingerprint density at radius 1 is 1.33 bits per heavy atom. The monoisotopic (exact) mass is 210 g/mol. The molecule has 1 heterocycles. The van der Waals surface area contributed by atoms with Gasteiger partial charge in [0.2, 0.25) is 0 Å². The molecule has 0 saturated heterocycles. The molecule has 0 saturated carbocycles. The Hall–Kier alpha value is -0.920. The quantitative estimate of drug-likeness (QED) is 0.812. The lowest BCUT2D eigenvalue weighted by molar-refractivity contribution is 0.278. The van der Waals surface area contributed by atoms with Crippen LogP contribution >= 0.6 is 0 Å². The van der Waals surface area contributed by atoms with E-state index in [9.17, 15) is 5.11 Å². The summed E-state index contributed by atoms with van der Waals surface area (Å²) in [5.41, 5.74) is 1.30. The van der Waals surface area contributed by atoms with Gasteiger partial charge in [-0.25, -0.2) is 0 Å². The fourth-order valence-corrected chi connectivity index (χ4v) is 1.98.